The van der Waals surface area contributed by atoms with Gasteiger partial charge in [-0.25, -0.2) is 4.98 Å². The molecule has 0 spiro atoms. The molecule has 35 heavy (non-hydrogen) atoms. The van der Waals surface area contributed by atoms with Crippen LogP contribution in [0, 0.1) is 6.92 Å². The van der Waals surface area contributed by atoms with Crippen LogP contribution in [0.25, 0.3) is 15.3 Å². The molecule has 0 saturated heterocycles. The summed E-state index contributed by atoms with van der Waals surface area (Å²) in [7, 11) is 1.64. The summed E-state index contributed by atoms with van der Waals surface area (Å²) in [5, 5.41) is 8.49. The van der Waals surface area contributed by atoms with Crippen LogP contribution in [-0.4, -0.2) is 41.0 Å². The fraction of sp³-hybridized carbons (Fsp3) is 0.269. The van der Waals surface area contributed by atoms with Gasteiger partial charge >= 0.3 is 0 Å². The summed E-state index contributed by atoms with van der Waals surface area (Å²) < 4.78 is 19.6. The van der Waals surface area contributed by atoms with Crippen LogP contribution >= 0.6 is 11.3 Å². The van der Waals surface area contributed by atoms with Gasteiger partial charge in [0.1, 0.15) is 18.2 Å². The average Bonchev–Trinajstić information content (AvgIpc) is 3.43. The lowest BCUT2D eigenvalue weighted by atomic mass is 9.85. The van der Waals surface area contributed by atoms with Crippen molar-refractivity contribution in [2.75, 3.05) is 25.6 Å². The molecular formula is C26H26N4O4S. The predicted octanol–water partition coefficient (Wildman–Crippen LogP) is 5.24. The molecule has 1 amide bonds. The van der Waals surface area contributed by atoms with Gasteiger partial charge in [-0.3, -0.25) is 4.79 Å². The van der Waals surface area contributed by atoms with Crippen molar-refractivity contribution in [3.63, 3.8) is 0 Å². The van der Waals surface area contributed by atoms with E-state index in [0.29, 0.717) is 42.1 Å². The van der Waals surface area contributed by atoms with Crippen LogP contribution in [-0.2, 0) is 4.79 Å². The standard InChI is InChI=1S/C26H26N4O4S/c1-5-11-34-20-10-7-16(12-21(20)33-6-2)18-14-23(31)28-25-24(18)15(3)29-30(25)26-27-19-9-8-17(32-4)13-22(19)35-26/h5,7-10,12-13,18H,1,6,11,14H2,2-4H3,(H,28,31)/t18-/m0/s1. The molecule has 2 aromatic carbocycles. The van der Waals surface area contributed by atoms with Gasteiger partial charge in [-0.15, -0.1) is 0 Å². The Hall–Kier alpha value is -3.85. The molecule has 2 aromatic heterocycles. The number of benzene rings is 2. The van der Waals surface area contributed by atoms with Gasteiger partial charge in [0.25, 0.3) is 0 Å². The smallest absolute Gasteiger partial charge is 0.226 e. The maximum atomic E-state index is 12.8. The molecule has 0 radical (unpaired) electrons. The topological polar surface area (TPSA) is 87.5 Å². The van der Waals surface area contributed by atoms with E-state index in [1.165, 1.54) is 11.3 Å². The summed E-state index contributed by atoms with van der Waals surface area (Å²) in [5.74, 6) is 2.47. The third-order valence-electron chi connectivity index (χ3n) is 5.89. The van der Waals surface area contributed by atoms with Gasteiger partial charge in [0.15, 0.2) is 11.5 Å². The second kappa shape index (κ2) is 9.42. The zero-order valence-corrected chi connectivity index (χ0v) is 20.6. The normalized spacial score (nSPS) is 14.9. The largest absolute Gasteiger partial charge is 0.497 e. The number of hydrogen-bond donors (Lipinski definition) is 1. The molecule has 0 fully saturated rings. The summed E-state index contributed by atoms with van der Waals surface area (Å²) in [6.07, 6.45) is 2.01. The lowest BCUT2D eigenvalue weighted by Gasteiger charge is -2.25. The number of fused-ring (bicyclic) bond motifs is 2. The van der Waals surface area contributed by atoms with Gasteiger partial charge in [-0.05, 0) is 49.7 Å². The van der Waals surface area contributed by atoms with Gasteiger partial charge in [0.2, 0.25) is 11.0 Å². The number of thiazole rings is 1. The summed E-state index contributed by atoms with van der Waals surface area (Å²) in [5.41, 5.74) is 3.63. The second-order valence-electron chi connectivity index (χ2n) is 8.13. The van der Waals surface area contributed by atoms with Crippen molar-refractivity contribution in [2.45, 2.75) is 26.2 Å². The number of anilines is 1. The third-order valence-corrected chi connectivity index (χ3v) is 6.89. The minimum Gasteiger partial charge on any atom is -0.497 e. The Bertz CT molecular complexity index is 1420. The third kappa shape index (κ3) is 4.23. The molecule has 1 aliphatic heterocycles. The van der Waals surface area contributed by atoms with Crippen molar-refractivity contribution >= 4 is 33.3 Å². The summed E-state index contributed by atoms with van der Waals surface area (Å²) >= 11 is 1.50. The van der Waals surface area contributed by atoms with Crippen molar-refractivity contribution in [2.24, 2.45) is 0 Å². The minimum absolute atomic E-state index is 0.0728. The lowest BCUT2D eigenvalue weighted by Crippen LogP contribution is -2.25. The van der Waals surface area contributed by atoms with Crippen LogP contribution in [0.5, 0.6) is 17.2 Å². The number of rotatable bonds is 8. The highest BCUT2D eigenvalue weighted by molar-refractivity contribution is 7.20. The number of carbonyl (C=O) groups excluding carboxylic acids is 1. The molecule has 1 atom stereocenters. The van der Waals surface area contributed by atoms with Gasteiger partial charge in [0, 0.05) is 17.9 Å². The van der Waals surface area contributed by atoms with Gasteiger partial charge in [-0.2, -0.15) is 9.78 Å². The number of ether oxygens (including phenoxy) is 3. The molecule has 1 N–H and O–H groups in total. The van der Waals surface area contributed by atoms with Crippen LogP contribution in [0.1, 0.15) is 36.1 Å². The minimum atomic E-state index is -0.172. The maximum absolute atomic E-state index is 12.8. The van der Waals surface area contributed by atoms with Crippen molar-refractivity contribution in [3.8, 4) is 22.4 Å². The lowest BCUT2D eigenvalue weighted by molar-refractivity contribution is -0.116. The zero-order chi connectivity index (χ0) is 24.5. The molecule has 3 heterocycles. The van der Waals surface area contributed by atoms with E-state index in [1.54, 1.807) is 17.9 Å². The molecule has 0 aliphatic carbocycles. The molecule has 5 rings (SSSR count). The fourth-order valence-corrected chi connectivity index (χ4v) is 5.31. The average molecular weight is 491 g/mol. The van der Waals surface area contributed by atoms with Crippen LogP contribution < -0.4 is 19.5 Å². The van der Waals surface area contributed by atoms with E-state index in [9.17, 15) is 4.79 Å². The number of aromatic nitrogens is 3. The Balaban J connectivity index is 1.58. The van der Waals surface area contributed by atoms with Crippen LogP contribution in [0.4, 0.5) is 5.82 Å². The molecule has 0 unspecified atom stereocenters. The summed E-state index contributed by atoms with van der Waals surface area (Å²) in [4.78, 5) is 17.6. The van der Waals surface area contributed by atoms with E-state index in [2.05, 4.69) is 11.9 Å². The molecule has 9 heteroatoms. The second-order valence-corrected chi connectivity index (χ2v) is 9.14. The number of aryl methyl sites for hydroxylation is 1. The predicted molar refractivity (Wildman–Crippen MR) is 136 cm³/mol. The number of amides is 1. The Morgan fingerprint density at radius 1 is 1.23 bits per heavy atom. The molecule has 180 valence electrons. The first-order chi connectivity index (χ1) is 17.0. The molecule has 0 bridgehead atoms. The van der Waals surface area contributed by atoms with E-state index >= 15 is 0 Å². The van der Waals surface area contributed by atoms with Gasteiger partial charge in [-0.1, -0.05) is 30.1 Å². The number of nitrogens with zero attached hydrogens (tertiary/aromatic N) is 3. The van der Waals surface area contributed by atoms with Crippen molar-refractivity contribution in [1.82, 2.24) is 14.8 Å². The highest BCUT2D eigenvalue weighted by atomic mass is 32.1. The monoisotopic (exact) mass is 490 g/mol. The summed E-state index contributed by atoms with van der Waals surface area (Å²) in [6.45, 7) is 8.48. The molecule has 0 saturated carbocycles. The molecular weight excluding hydrogens is 464 g/mol. The van der Waals surface area contributed by atoms with E-state index < -0.39 is 0 Å². The van der Waals surface area contributed by atoms with Crippen molar-refractivity contribution in [3.05, 3.63) is 65.9 Å². The van der Waals surface area contributed by atoms with E-state index in [0.717, 1.165) is 32.8 Å². The number of carbonyl (C=O) groups is 1. The van der Waals surface area contributed by atoms with E-state index in [4.69, 9.17) is 24.3 Å². The Labute approximate surface area is 207 Å². The van der Waals surface area contributed by atoms with Crippen molar-refractivity contribution < 1.29 is 19.0 Å². The first-order valence-corrected chi connectivity index (χ1v) is 12.2. The first kappa shape index (κ1) is 22.9. The summed E-state index contributed by atoms with van der Waals surface area (Å²) in [6, 6.07) is 11.6. The number of hydrogen-bond acceptors (Lipinski definition) is 7. The van der Waals surface area contributed by atoms with E-state index in [1.807, 2.05) is 50.2 Å². The Morgan fingerprint density at radius 2 is 2.09 bits per heavy atom. The maximum Gasteiger partial charge on any atom is 0.226 e. The highest BCUT2D eigenvalue weighted by Gasteiger charge is 2.33. The van der Waals surface area contributed by atoms with E-state index in [-0.39, 0.29) is 11.8 Å². The Kier molecular flexibility index (Phi) is 6.17. The van der Waals surface area contributed by atoms with Gasteiger partial charge < -0.3 is 19.5 Å². The van der Waals surface area contributed by atoms with Gasteiger partial charge in [0.05, 0.1) is 29.6 Å². The van der Waals surface area contributed by atoms with Crippen LogP contribution in [0.15, 0.2) is 49.1 Å². The first-order valence-electron chi connectivity index (χ1n) is 11.4. The van der Waals surface area contributed by atoms with Crippen molar-refractivity contribution in [1.29, 1.82) is 0 Å². The number of nitrogens with one attached hydrogen (secondary N) is 1. The molecule has 4 aromatic rings. The van der Waals surface area contributed by atoms with Crippen LogP contribution in [0.2, 0.25) is 0 Å². The quantitative estimate of drug-likeness (QED) is 0.340. The fourth-order valence-electron chi connectivity index (χ4n) is 4.36. The highest BCUT2D eigenvalue weighted by Crippen LogP contribution is 2.43. The molecule has 8 nitrogen and oxygen atoms in total. The SMILES string of the molecule is C=CCOc1ccc([C@@H]2CC(=O)Nc3c2c(C)nn3-c2nc3ccc(OC)cc3s2)cc1OCC. The van der Waals surface area contributed by atoms with Crippen LogP contribution in [0.3, 0.4) is 0 Å². The molecule has 1 aliphatic rings. The zero-order valence-electron chi connectivity index (χ0n) is 19.8. The Morgan fingerprint density at radius 3 is 2.86 bits per heavy atom. The number of methoxy groups -OCH3 is 1.